The summed E-state index contributed by atoms with van der Waals surface area (Å²) in [6.07, 6.45) is -3.00. The Hall–Kier alpha value is -3.21. The third-order valence-corrected chi connectivity index (χ3v) is 5.15. The molecule has 1 aliphatic rings. The lowest BCUT2D eigenvalue weighted by Gasteiger charge is -2.36. The summed E-state index contributed by atoms with van der Waals surface area (Å²) in [6.45, 7) is 3.23. The van der Waals surface area contributed by atoms with Gasteiger partial charge in [-0.25, -0.2) is 4.79 Å². The summed E-state index contributed by atoms with van der Waals surface area (Å²) in [5, 5.41) is 14.5. The maximum absolute atomic E-state index is 13.5. The number of aryl methyl sites for hydroxylation is 1. The number of amides is 2. The smallest absolute Gasteiger partial charge is 0.371 e. The molecule has 3 rings (SSSR count). The molecular formula is C22H23F3N4O. The number of hydrogen-bond acceptors (Lipinski definition) is 3. The van der Waals surface area contributed by atoms with Crippen molar-refractivity contribution in [2.24, 2.45) is 5.92 Å². The average molecular weight is 416 g/mol. The number of anilines is 2. The topological polar surface area (TPSA) is 68.2 Å². The molecule has 1 aliphatic heterocycles. The van der Waals surface area contributed by atoms with E-state index in [1.165, 1.54) is 12.1 Å². The van der Waals surface area contributed by atoms with Gasteiger partial charge < -0.3 is 15.5 Å². The van der Waals surface area contributed by atoms with E-state index in [4.69, 9.17) is 5.26 Å². The van der Waals surface area contributed by atoms with Gasteiger partial charge in [0.2, 0.25) is 0 Å². The first-order valence-corrected chi connectivity index (χ1v) is 9.74. The lowest BCUT2D eigenvalue weighted by atomic mass is 9.96. The summed E-state index contributed by atoms with van der Waals surface area (Å²) in [6, 6.07) is 12.5. The van der Waals surface area contributed by atoms with Gasteiger partial charge in [-0.3, -0.25) is 0 Å². The minimum absolute atomic E-state index is 0.0194. The summed E-state index contributed by atoms with van der Waals surface area (Å²) in [4.78, 5) is 13.8. The second-order valence-electron chi connectivity index (χ2n) is 7.50. The number of piperidine rings is 1. The zero-order valence-corrected chi connectivity index (χ0v) is 16.6. The number of carbonyl (C=O) groups is 1. The molecule has 5 nitrogen and oxygen atoms in total. The molecule has 0 radical (unpaired) electrons. The van der Waals surface area contributed by atoms with E-state index >= 15 is 0 Å². The Bertz CT molecular complexity index is 935. The van der Waals surface area contributed by atoms with Crippen molar-refractivity contribution in [3.63, 3.8) is 0 Å². The van der Waals surface area contributed by atoms with Crippen molar-refractivity contribution in [2.75, 3.05) is 29.9 Å². The first-order valence-electron chi connectivity index (χ1n) is 9.74. The first kappa shape index (κ1) is 21.5. The first-order chi connectivity index (χ1) is 14.3. The van der Waals surface area contributed by atoms with Crippen molar-refractivity contribution in [3.05, 3.63) is 59.2 Å². The zero-order chi connectivity index (χ0) is 21.7. The number of nitrogens with zero attached hydrogens (tertiary/aromatic N) is 2. The second-order valence-corrected chi connectivity index (χ2v) is 7.50. The standard InChI is InChI=1S/C22H23F3N4O/c1-15-4-7-18(8-5-15)28-21(30)27-13-17-3-2-10-29(14-17)20-9-6-16(12-26)11-19(20)22(23,24)25/h4-9,11,17H,2-3,10,13-14H2,1H3,(H2,27,28,30). The Morgan fingerprint density at radius 3 is 2.63 bits per heavy atom. The van der Waals surface area contributed by atoms with Crippen molar-refractivity contribution in [2.45, 2.75) is 25.9 Å². The van der Waals surface area contributed by atoms with Gasteiger partial charge in [-0.2, -0.15) is 18.4 Å². The third-order valence-electron chi connectivity index (χ3n) is 5.15. The third kappa shape index (κ3) is 5.44. The van der Waals surface area contributed by atoms with Gasteiger partial charge in [0, 0.05) is 31.0 Å². The number of urea groups is 1. The lowest BCUT2D eigenvalue weighted by molar-refractivity contribution is -0.137. The number of rotatable bonds is 4. The van der Waals surface area contributed by atoms with Crippen LogP contribution in [0.1, 0.15) is 29.5 Å². The molecule has 0 saturated carbocycles. The largest absolute Gasteiger partial charge is 0.418 e. The van der Waals surface area contributed by atoms with Gasteiger partial charge in [-0.1, -0.05) is 17.7 Å². The summed E-state index contributed by atoms with van der Waals surface area (Å²) in [5.41, 5.74) is 1.02. The summed E-state index contributed by atoms with van der Waals surface area (Å²) in [5.74, 6) is 0.0271. The highest BCUT2D eigenvalue weighted by atomic mass is 19.4. The summed E-state index contributed by atoms with van der Waals surface area (Å²) < 4.78 is 40.5. The van der Waals surface area contributed by atoms with Crippen LogP contribution in [0.2, 0.25) is 0 Å². The Labute approximate surface area is 173 Å². The molecule has 1 fully saturated rings. The van der Waals surface area contributed by atoms with Crippen LogP contribution in [0.4, 0.5) is 29.3 Å². The molecule has 1 heterocycles. The number of nitrogens with one attached hydrogen (secondary N) is 2. The van der Waals surface area contributed by atoms with E-state index < -0.39 is 11.7 Å². The van der Waals surface area contributed by atoms with Crippen molar-refractivity contribution < 1.29 is 18.0 Å². The molecule has 0 spiro atoms. The minimum atomic E-state index is -4.54. The predicted octanol–water partition coefficient (Wildman–Crippen LogP) is 4.92. The van der Waals surface area contributed by atoms with Crippen molar-refractivity contribution in [1.29, 1.82) is 5.26 Å². The quantitative estimate of drug-likeness (QED) is 0.743. The Balaban J connectivity index is 1.62. The van der Waals surface area contributed by atoms with Crippen molar-refractivity contribution in [3.8, 4) is 6.07 Å². The van der Waals surface area contributed by atoms with Crippen LogP contribution >= 0.6 is 0 Å². The van der Waals surface area contributed by atoms with Gasteiger partial charge >= 0.3 is 12.2 Å². The Kier molecular flexibility index (Phi) is 6.50. The SMILES string of the molecule is Cc1ccc(NC(=O)NCC2CCCN(c3ccc(C#N)cc3C(F)(F)F)C2)cc1. The van der Waals surface area contributed by atoms with Crippen LogP contribution in [0.25, 0.3) is 0 Å². The van der Waals surface area contributed by atoms with Crippen LogP contribution in [-0.2, 0) is 6.18 Å². The second kappa shape index (κ2) is 9.08. The van der Waals surface area contributed by atoms with Crippen LogP contribution < -0.4 is 15.5 Å². The molecule has 0 aliphatic carbocycles. The van der Waals surface area contributed by atoms with Gasteiger partial charge in [-0.15, -0.1) is 0 Å². The molecule has 2 N–H and O–H groups in total. The number of alkyl halides is 3. The predicted molar refractivity (Wildman–Crippen MR) is 109 cm³/mol. The van der Waals surface area contributed by atoms with E-state index in [-0.39, 0.29) is 23.2 Å². The van der Waals surface area contributed by atoms with Crippen LogP contribution in [0.3, 0.4) is 0 Å². The molecule has 30 heavy (non-hydrogen) atoms. The van der Waals surface area contributed by atoms with E-state index in [2.05, 4.69) is 10.6 Å². The Morgan fingerprint density at radius 2 is 1.97 bits per heavy atom. The fourth-order valence-corrected chi connectivity index (χ4v) is 3.61. The molecule has 0 aromatic heterocycles. The molecule has 158 valence electrons. The minimum Gasteiger partial charge on any atom is -0.371 e. The van der Waals surface area contributed by atoms with Crippen LogP contribution in [-0.4, -0.2) is 25.7 Å². The summed E-state index contributed by atoms with van der Waals surface area (Å²) in [7, 11) is 0. The molecule has 2 aromatic rings. The normalized spacial score (nSPS) is 16.6. The number of carbonyl (C=O) groups excluding carboxylic acids is 1. The lowest BCUT2D eigenvalue weighted by Crippen LogP contribution is -2.42. The fraction of sp³-hybridized carbons (Fsp3) is 0.364. The molecule has 0 bridgehead atoms. The van der Waals surface area contributed by atoms with E-state index in [9.17, 15) is 18.0 Å². The molecule has 2 aromatic carbocycles. The van der Waals surface area contributed by atoms with Gasteiger partial charge in [0.25, 0.3) is 0 Å². The highest BCUT2D eigenvalue weighted by molar-refractivity contribution is 5.89. The highest BCUT2D eigenvalue weighted by Crippen LogP contribution is 2.38. The molecule has 1 saturated heterocycles. The average Bonchev–Trinajstić information content (AvgIpc) is 2.73. The molecular weight excluding hydrogens is 393 g/mol. The van der Waals surface area contributed by atoms with E-state index in [0.29, 0.717) is 25.3 Å². The van der Waals surface area contributed by atoms with Gasteiger partial charge in [0.05, 0.1) is 17.2 Å². The van der Waals surface area contributed by atoms with Gasteiger partial charge in [-0.05, 0) is 56.0 Å². The molecule has 1 atom stereocenters. The van der Waals surface area contributed by atoms with Gasteiger partial charge in [0.1, 0.15) is 0 Å². The van der Waals surface area contributed by atoms with Gasteiger partial charge in [0.15, 0.2) is 0 Å². The van der Waals surface area contributed by atoms with E-state index in [1.54, 1.807) is 23.1 Å². The van der Waals surface area contributed by atoms with Crippen molar-refractivity contribution >= 4 is 17.4 Å². The maximum atomic E-state index is 13.5. The maximum Gasteiger partial charge on any atom is 0.418 e. The van der Waals surface area contributed by atoms with Crippen molar-refractivity contribution in [1.82, 2.24) is 5.32 Å². The van der Waals surface area contributed by atoms with Crippen LogP contribution in [0.15, 0.2) is 42.5 Å². The molecule has 2 amide bonds. The summed E-state index contributed by atoms with van der Waals surface area (Å²) >= 11 is 0. The number of hydrogen-bond donors (Lipinski definition) is 2. The molecule has 8 heteroatoms. The number of halogens is 3. The highest BCUT2D eigenvalue weighted by Gasteiger charge is 2.36. The van der Waals surface area contributed by atoms with Crippen LogP contribution in [0, 0.1) is 24.2 Å². The molecule has 1 unspecified atom stereocenters. The zero-order valence-electron chi connectivity index (χ0n) is 16.6. The van der Waals surface area contributed by atoms with E-state index in [0.717, 1.165) is 24.5 Å². The fourth-order valence-electron chi connectivity index (χ4n) is 3.61. The number of benzene rings is 2. The monoisotopic (exact) mass is 416 g/mol. The van der Waals surface area contributed by atoms with E-state index in [1.807, 2.05) is 19.1 Å². The Morgan fingerprint density at radius 1 is 1.23 bits per heavy atom. The van der Waals surface area contributed by atoms with Crippen LogP contribution in [0.5, 0.6) is 0 Å². The number of nitriles is 1.